The summed E-state index contributed by atoms with van der Waals surface area (Å²) < 4.78 is 6.01. The van der Waals surface area contributed by atoms with Crippen LogP contribution in [0.25, 0.3) is 22.5 Å². The molecular weight excluding hydrogens is 406 g/mol. The van der Waals surface area contributed by atoms with Gasteiger partial charge in [0.25, 0.3) is 0 Å². The van der Waals surface area contributed by atoms with E-state index in [1.165, 1.54) is 0 Å². The summed E-state index contributed by atoms with van der Waals surface area (Å²) in [7, 11) is 0. The van der Waals surface area contributed by atoms with E-state index in [1.807, 2.05) is 69.3 Å². The van der Waals surface area contributed by atoms with E-state index < -0.39 is 5.97 Å². The summed E-state index contributed by atoms with van der Waals surface area (Å²) in [6.07, 6.45) is 0.521. The smallest absolute Gasteiger partial charge is 0.341 e. The van der Waals surface area contributed by atoms with Crippen molar-refractivity contribution in [2.24, 2.45) is 0 Å². The van der Waals surface area contributed by atoms with Gasteiger partial charge in [-0.05, 0) is 42.2 Å². The standard InChI is InChI=1S/C24H23N5O3/c1-4-20-21(24(30)31)22(14(2)15(3)25-20)32-13-16-9-11-17(12-10-16)18-7-5-6-8-19(18)23-26-28-29-27-23/h5-12H,4,13H2,1-3H3,(H,30,31)(H,26,27,28,29). The number of rotatable bonds is 7. The average Bonchev–Trinajstić information content (AvgIpc) is 3.34. The summed E-state index contributed by atoms with van der Waals surface area (Å²) in [4.78, 5) is 16.3. The van der Waals surface area contributed by atoms with E-state index in [0.717, 1.165) is 33.5 Å². The predicted molar refractivity (Wildman–Crippen MR) is 119 cm³/mol. The van der Waals surface area contributed by atoms with Crippen molar-refractivity contribution < 1.29 is 14.6 Å². The quantitative estimate of drug-likeness (QED) is 0.448. The molecule has 8 nitrogen and oxygen atoms in total. The van der Waals surface area contributed by atoms with E-state index in [0.29, 0.717) is 23.7 Å². The number of aromatic amines is 1. The highest BCUT2D eigenvalue weighted by Gasteiger charge is 2.21. The Bertz CT molecular complexity index is 1250. The number of aromatic nitrogens is 5. The number of pyridine rings is 1. The van der Waals surface area contributed by atoms with Gasteiger partial charge in [-0.25, -0.2) is 4.79 Å². The van der Waals surface area contributed by atoms with Crippen LogP contribution in [0.4, 0.5) is 0 Å². The molecule has 0 spiro atoms. The Morgan fingerprint density at radius 1 is 1.06 bits per heavy atom. The lowest BCUT2D eigenvalue weighted by Gasteiger charge is -2.16. The topological polar surface area (TPSA) is 114 Å². The Balaban J connectivity index is 1.60. The van der Waals surface area contributed by atoms with Crippen LogP contribution in [0.2, 0.25) is 0 Å². The van der Waals surface area contributed by atoms with Crippen molar-refractivity contribution >= 4 is 5.97 Å². The highest BCUT2D eigenvalue weighted by atomic mass is 16.5. The van der Waals surface area contributed by atoms with Crippen molar-refractivity contribution in [1.29, 1.82) is 0 Å². The third-order valence-corrected chi connectivity index (χ3v) is 5.41. The van der Waals surface area contributed by atoms with Gasteiger partial charge in [-0.1, -0.05) is 55.5 Å². The molecule has 0 unspecified atom stereocenters. The lowest BCUT2D eigenvalue weighted by Crippen LogP contribution is -2.12. The largest absolute Gasteiger partial charge is 0.488 e. The minimum absolute atomic E-state index is 0.140. The zero-order valence-electron chi connectivity index (χ0n) is 18.1. The SMILES string of the molecule is CCc1nc(C)c(C)c(OCc2ccc(-c3ccccc3-c3nn[nH]n3)cc2)c1C(=O)O. The lowest BCUT2D eigenvalue weighted by atomic mass is 9.98. The van der Waals surface area contributed by atoms with E-state index in [1.54, 1.807) is 0 Å². The molecule has 0 saturated carbocycles. The van der Waals surface area contributed by atoms with Gasteiger partial charge in [0.15, 0.2) is 0 Å². The van der Waals surface area contributed by atoms with Gasteiger partial charge in [0, 0.05) is 16.8 Å². The lowest BCUT2D eigenvalue weighted by molar-refractivity contribution is 0.0689. The van der Waals surface area contributed by atoms with Gasteiger partial charge in [-0.2, -0.15) is 5.21 Å². The molecule has 4 aromatic rings. The van der Waals surface area contributed by atoms with Crippen LogP contribution in [0, 0.1) is 13.8 Å². The van der Waals surface area contributed by atoms with Crippen molar-refractivity contribution in [3.05, 3.63) is 76.6 Å². The summed E-state index contributed by atoms with van der Waals surface area (Å²) in [5.41, 5.74) is 5.98. The molecule has 0 atom stereocenters. The predicted octanol–water partition coefficient (Wildman–Crippen LogP) is 4.39. The maximum Gasteiger partial charge on any atom is 0.341 e. The van der Waals surface area contributed by atoms with Crippen molar-refractivity contribution in [1.82, 2.24) is 25.6 Å². The summed E-state index contributed by atoms with van der Waals surface area (Å²) in [5, 5.41) is 24.0. The number of aromatic carboxylic acids is 1. The number of aryl methyl sites for hydroxylation is 2. The number of ether oxygens (including phenoxy) is 1. The second-order valence-corrected chi connectivity index (χ2v) is 7.40. The Kier molecular flexibility index (Phi) is 5.93. The molecule has 2 aromatic heterocycles. The van der Waals surface area contributed by atoms with E-state index >= 15 is 0 Å². The number of carbonyl (C=O) groups is 1. The van der Waals surface area contributed by atoms with Crippen LogP contribution in [0.1, 0.15) is 39.8 Å². The van der Waals surface area contributed by atoms with Gasteiger partial charge < -0.3 is 9.84 Å². The molecule has 0 amide bonds. The average molecular weight is 429 g/mol. The molecule has 0 radical (unpaired) electrons. The molecule has 8 heteroatoms. The first-order valence-corrected chi connectivity index (χ1v) is 10.3. The molecular formula is C24H23N5O3. The fraction of sp³-hybridized carbons (Fsp3) is 0.208. The highest BCUT2D eigenvalue weighted by molar-refractivity contribution is 5.92. The summed E-state index contributed by atoms with van der Waals surface area (Å²) in [6, 6.07) is 15.8. The van der Waals surface area contributed by atoms with Gasteiger partial charge in [0.1, 0.15) is 17.9 Å². The fourth-order valence-corrected chi connectivity index (χ4v) is 3.62. The number of nitrogens with one attached hydrogen (secondary N) is 1. The van der Waals surface area contributed by atoms with Crippen molar-refractivity contribution in [3.63, 3.8) is 0 Å². The Hall–Kier alpha value is -4.07. The number of carboxylic acid groups (broad SMARTS) is 1. The number of nitrogens with zero attached hydrogens (tertiary/aromatic N) is 4. The van der Waals surface area contributed by atoms with Gasteiger partial charge in [-0.3, -0.25) is 4.98 Å². The van der Waals surface area contributed by atoms with E-state index in [4.69, 9.17) is 4.74 Å². The molecule has 0 aliphatic carbocycles. The summed E-state index contributed by atoms with van der Waals surface area (Å²) in [5.74, 6) is -0.112. The number of benzene rings is 2. The number of tetrazole rings is 1. The van der Waals surface area contributed by atoms with E-state index in [-0.39, 0.29) is 12.2 Å². The maximum atomic E-state index is 11.9. The second-order valence-electron chi connectivity index (χ2n) is 7.40. The second kappa shape index (κ2) is 8.97. The molecule has 0 fully saturated rings. The van der Waals surface area contributed by atoms with Crippen LogP contribution in [0.5, 0.6) is 5.75 Å². The zero-order chi connectivity index (χ0) is 22.7. The number of carboxylic acids is 1. The van der Waals surface area contributed by atoms with Crippen LogP contribution in [0.15, 0.2) is 48.5 Å². The number of H-pyrrole nitrogens is 1. The van der Waals surface area contributed by atoms with E-state index in [2.05, 4.69) is 25.6 Å². The summed E-state index contributed by atoms with van der Waals surface area (Å²) >= 11 is 0. The molecule has 0 aliphatic heterocycles. The monoisotopic (exact) mass is 429 g/mol. The van der Waals surface area contributed by atoms with Crippen molar-refractivity contribution in [2.75, 3.05) is 0 Å². The minimum Gasteiger partial charge on any atom is -0.488 e. The van der Waals surface area contributed by atoms with Crippen molar-refractivity contribution in [3.8, 4) is 28.3 Å². The first-order valence-electron chi connectivity index (χ1n) is 10.3. The van der Waals surface area contributed by atoms with Gasteiger partial charge in [0.2, 0.25) is 5.82 Å². The molecule has 2 heterocycles. The van der Waals surface area contributed by atoms with Crippen LogP contribution < -0.4 is 4.74 Å². The molecule has 0 aliphatic rings. The Morgan fingerprint density at radius 2 is 1.78 bits per heavy atom. The molecule has 2 N–H and O–H groups in total. The maximum absolute atomic E-state index is 11.9. The van der Waals surface area contributed by atoms with Crippen molar-refractivity contribution in [2.45, 2.75) is 33.8 Å². The van der Waals surface area contributed by atoms with Gasteiger partial charge >= 0.3 is 5.97 Å². The van der Waals surface area contributed by atoms with Crippen LogP contribution in [-0.2, 0) is 13.0 Å². The molecule has 2 aromatic carbocycles. The van der Waals surface area contributed by atoms with E-state index in [9.17, 15) is 9.90 Å². The normalized spacial score (nSPS) is 10.8. The zero-order valence-corrected chi connectivity index (χ0v) is 18.1. The highest BCUT2D eigenvalue weighted by Crippen LogP contribution is 2.31. The van der Waals surface area contributed by atoms with Gasteiger partial charge in [-0.15, -0.1) is 10.2 Å². The Morgan fingerprint density at radius 3 is 2.41 bits per heavy atom. The molecule has 0 bridgehead atoms. The first kappa shape index (κ1) is 21.2. The molecule has 0 saturated heterocycles. The molecule has 4 rings (SSSR count). The minimum atomic E-state index is -1.03. The van der Waals surface area contributed by atoms with Gasteiger partial charge in [0.05, 0.1) is 5.69 Å². The molecule has 162 valence electrons. The fourth-order valence-electron chi connectivity index (χ4n) is 3.62. The van der Waals surface area contributed by atoms with Crippen LogP contribution in [0.3, 0.4) is 0 Å². The number of hydrogen-bond donors (Lipinski definition) is 2. The Labute approximate surface area is 185 Å². The number of hydrogen-bond acceptors (Lipinski definition) is 6. The third-order valence-electron chi connectivity index (χ3n) is 5.41. The van der Waals surface area contributed by atoms with Crippen LogP contribution in [-0.4, -0.2) is 36.7 Å². The third kappa shape index (κ3) is 4.07. The summed E-state index contributed by atoms with van der Waals surface area (Å²) in [6.45, 7) is 5.84. The first-order chi connectivity index (χ1) is 15.5. The molecule has 32 heavy (non-hydrogen) atoms. The van der Waals surface area contributed by atoms with Crippen LogP contribution >= 0.6 is 0 Å².